The predicted molar refractivity (Wildman–Crippen MR) is 92.2 cm³/mol. The van der Waals surface area contributed by atoms with Crippen molar-refractivity contribution < 1.29 is 12.9 Å². The molecule has 0 radical (unpaired) electrons. The Morgan fingerprint density at radius 1 is 1.21 bits per heavy atom. The van der Waals surface area contributed by atoms with E-state index in [0.717, 1.165) is 11.5 Å². The van der Waals surface area contributed by atoms with Crippen LogP contribution in [0.1, 0.15) is 17.0 Å². The summed E-state index contributed by atoms with van der Waals surface area (Å²) in [5, 5.41) is 4.47. The summed E-state index contributed by atoms with van der Waals surface area (Å²) >= 11 is 6.08. The highest BCUT2D eigenvalue weighted by molar-refractivity contribution is 7.88. The Labute approximate surface area is 147 Å². The van der Waals surface area contributed by atoms with E-state index < -0.39 is 10.0 Å². The van der Waals surface area contributed by atoms with Crippen LogP contribution in [0.25, 0.3) is 0 Å². The first-order valence-corrected chi connectivity index (χ1v) is 9.78. The summed E-state index contributed by atoms with van der Waals surface area (Å²) < 4.78 is 31.8. The van der Waals surface area contributed by atoms with Gasteiger partial charge in [0.25, 0.3) is 0 Å². The molecule has 130 valence electrons. The zero-order valence-corrected chi connectivity index (χ0v) is 15.1. The van der Waals surface area contributed by atoms with E-state index in [1.165, 1.54) is 0 Å². The molecule has 24 heavy (non-hydrogen) atoms. The summed E-state index contributed by atoms with van der Waals surface area (Å²) in [6.07, 6.45) is 0. The maximum atomic E-state index is 12.6. The number of piperazine rings is 1. The average Bonchev–Trinajstić information content (AvgIpc) is 2.95. The third-order valence-electron chi connectivity index (χ3n) is 4.08. The second kappa shape index (κ2) is 7.23. The van der Waals surface area contributed by atoms with Crippen LogP contribution in [0.3, 0.4) is 0 Å². The molecular formula is C16H20ClN3O3S. The number of nitrogens with zero attached hydrogens (tertiary/aromatic N) is 3. The summed E-state index contributed by atoms with van der Waals surface area (Å²) in [4.78, 5) is 2.18. The number of sulfonamides is 1. The zero-order chi connectivity index (χ0) is 17.2. The summed E-state index contributed by atoms with van der Waals surface area (Å²) in [5.41, 5.74) is 1.51. The second-order valence-electron chi connectivity index (χ2n) is 5.95. The van der Waals surface area contributed by atoms with Crippen molar-refractivity contribution >= 4 is 21.6 Å². The minimum atomic E-state index is -3.36. The predicted octanol–water partition coefficient (Wildman–Crippen LogP) is 2.28. The molecule has 0 aliphatic carbocycles. The van der Waals surface area contributed by atoms with Gasteiger partial charge in [-0.1, -0.05) is 35.0 Å². The highest BCUT2D eigenvalue weighted by atomic mass is 35.5. The molecule has 1 aromatic heterocycles. The minimum Gasteiger partial charge on any atom is -0.361 e. The first-order valence-electron chi connectivity index (χ1n) is 7.80. The Morgan fingerprint density at radius 2 is 1.92 bits per heavy atom. The van der Waals surface area contributed by atoms with Crippen LogP contribution in [0.15, 0.2) is 34.9 Å². The molecule has 8 heteroatoms. The van der Waals surface area contributed by atoms with Gasteiger partial charge < -0.3 is 4.52 Å². The Balaban J connectivity index is 1.58. The van der Waals surface area contributed by atoms with Crippen molar-refractivity contribution in [3.05, 3.63) is 52.4 Å². The fourth-order valence-corrected chi connectivity index (χ4v) is 4.62. The molecule has 0 unspecified atom stereocenters. The molecule has 1 saturated heterocycles. The molecule has 0 atom stereocenters. The lowest BCUT2D eigenvalue weighted by Gasteiger charge is -2.33. The summed E-state index contributed by atoms with van der Waals surface area (Å²) in [6, 6.07) is 8.96. The van der Waals surface area contributed by atoms with E-state index in [9.17, 15) is 8.42 Å². The van der Waals surface area contributed by atoms with E-state index in [4.69, 9.17) is 16.1 Å². The molecule has 1 aliphatic rings. The standard InChI is InChI=1S/C16H20ClN3O3S/c1-13-10-15(18-23-13)11-19-6-8-20(9-7-19)24(21,22)12-14-4-2-3-5-16(14)17/h2-5,10H,6-9,11-12H2,1H3. The molecule has 6 nitrogen and oxygen atoms in total. The number of halogens is 1. The lowest BCUT2D eigenvalue weighted by molar-refractivity contribution is 0.177. The van der Waals surface area contributed by atoms with Gasteiger partial charge in [-0.2, -0.15) is 4.31 Å². The molecule has 0 N–H and O–H groups in total. The highest BCUT2D eigenvalue weighted by Gasteiger charge is 2.27. The van der Waals surface area contributed by atoms with Crippen molar-refractivity contribution in [2.45, 2.75) is 19.2 Å². The summed E-state index contributed by atoms with van der Waals surface area (Å²) in [7, 11) is -3.36. The molecule has 1 aromatic carbocycles. The smallest absolute Gasteiger partial charge is 0.218 e. The van der Waals surface area contributed by atoms with Crippen LogP contribution in [0.2, 0.25) is 5.02 Å². The van der Waals surface area contributed by atoms with Gasteiger partial charge in [-0.3, -0.25) is 4.90 Å². The van der Waals surface area contributed by atoms with Gasteiger partial charge in [0.15, 0.2) is 0 Å². The van der Waals surface area contributed by atoms with E-state index in [-0.39, 0.29) is 5.75 Å². The van der Waals surface area contributed by atoms with Gasteiger partial charge >= 0.3 is 0 Å². The van der Waals surface area contributed by atoms with E-state index in [1.807, 2.05) is 13.0 Å². The molecule has 2 aromatic rings. The molecule has 0 amide bonds. The summed E-state index contributed by atoms with van der Waals surface area (Å²) in [5.74, 6) is 0.723. The lowest BCUT2D eigenvalue weighted by Crippen LogP contribution is -2.48. The van der Waals surface area contributed by atoms with Crippen LogP contribution < -0.4 is 0 Å². The molecule has 0 spiro atoms. The van der Waals surface area contributed by atoms with Crippen LogP contribution in [0.4, 0.5) is 0 Å². The fourth-order valence-electron chi connectivity index (χ4n) is 2.79. The lowest BCUT2D eigenvalue weighted by atomic mass is 10.2. The zero-order valence-electron chi connectivity index (χ0n) is 13.5. The molecule has 0 bridgehead atoms. The topological polar surface area (TPSA) is 66.7 Å². The Kier molecular flexibility index (Phi) is 5.24. The van der Waals surface area contributed by atoms with E-state index in [1.54, 1.807) is 28.6 Å². The van der Waals surface area contributed by atoms with Crippen LogP contribution in [-0.4, -0.2) is 49.0 Å². The third kappa shape index (κ3) is 4.16. The highest BCUT2D eigenvalue weighted by Crippen LogP contribution is 2.20. The maximum Gasteiger partial charge on any atom is 0.218 e. The largest absolute Gasteiger partial charge is 0.361 e. The van der Waals surface area contributed by atoms with Crippen molar-refractivity contribution in [2.75, 3.05) is 26.2 Å². The van der Waals surface area contributed by atoms with Gasteiger partial charge in [-0.05, 0) is 18.6 Å². The van der Waals surface area contributed by atoms with Crippen molar-refractivity contribution in [3.8, 4) is 0 Å². The van der Waals surface area contributed by atoms with E-state index >= 15 is 0 Å². The second-order valence-corrected chi connectivity index (χ2v) is 8.33. The van der Waals surface area contributed by atoms with E-state index in [0.29, 0.717) is 43.3 Å². The number of rotatable bonds is 5. The molecule has 2 heterocycles. The minimum absolute atomic E-state index is 0.0604. The number of aromatic nitrogens is 1. The number of benzene rings is 1. The SMILES string of the molecule is Cc1cc(CN2CCN(S(=O)(=O)Cc3ccccc3Cl)CC2)no1. The monoisotopic (exact) mass is 369 g/mol. The number of aryl methyl sites for hydroxylation is 1. The molecular weight excluding hydrogens is 350 g/mol. The Hall–Kier alpha value is -1.41. The first kappa shape index (κ1) is 17.4. The van der Waals surface area contributed by atoms with Crippen LogP contribution >= 0.6 is 11.6 Å². The van der Waals surface area contributed by atoms with Gasteiger partial charge in [0, 0.05) is 43.8 Å². The number of hydrogen-bond donors (Lipinski definition) is 0. The summed E-state index contributed by atoms with van der Waals surface area (Å²) in [6.45, 7) is 4.83. The fraction of sp³-hybridized carbons (Fsp3) is 0.438. The molecule has 1 aliphatic heterocycles. The third-order valence-corrected chi connectivity index (χ3v) is 6.28. The molecule has 0 saturated carbocycles. The van der Waals surface area contributed by atoms with E-state index in [2.05, 4.69) is 10.1 Å². The van der Waals surface area contributed by atoms with Gasteiger partial charge in [-0.25, -0.2) is 8.42 Å². The van der Waals surface area contributed by atoms with Crippen LogP contribution in [0.5, 0.6) is 0 Å². The van der Waals surface area contributed by atoms with Crippen molar-refractivity contribution in [1.82, 2.24) is 14.4 Å². The van der Waals surface area contributed by atoms with Gasteiger partial charge in [0.05, 0.1) is 11.4 Å². The Morgan fingerprint density at radius 3 is 2.54 bits per heavy atom. The molecule has 1 fully saturated rings. The molecule has 3 rings (SSSR count). The van der Waals surface area contributed by atoms with Crippen molar-refractivity contribution in [3.63, 3.8) is 0 Å². The first-order chi connectivity index (χ1) is 11.4. The van der Waals surface area contributed by atoms with Crippen molar-refractivity contribution in [2.24, 2.45) is 0 Å². The maximum absolute atomic E-state index is 12.6. The van der Waals surface area contributed by atoms with Crippen molar-refractivity contribution in [1.29, 1.82) is 0 Å². The van der Waals surface area contributed by atoms with Gasteiger partial charge in [-0.15, -0.1) is 0 Å². The van der Waals surface area contributed by atoms with Crippen LogP contribution in [0, 0.1) is 6.92 Å². The van der Waals surface area contributed by atoms with Gasteiger partial charge in [0.1, 0.15) is 5.76 Å². The number of hydrogen-bond acceptors (Lipinski definition) is 5. The van der Waals surface area contributed by atoms with Crippen LogP contribution in [-0.2, 0) is 22.3 Å². The normalized spacial score (nSPS) is 17.2. The van der Waals surface area contributed by atoms with Gasteiger partial charge in [0.2, 0.25) is 10.0 Å². The average molecular weight is 370 g/mol. The quantitative estimate of drug-likeness (QED) is 0.808. The Bertz CT molecular complexity index is 798.